The molecule has 2 N–H and O–H groups in total. The second kappa shape index (κ2) is 5.47. The van der Waals surface area contributed by atoms with Gasteiger partial charge in [0.2, 0.25) is 5.91 Å². The lowest BCUT2D eigenvalue weighted by Gasteiger charge is -2.25. The highest BCUT2D eigenvalue weighted by Crippen LogP contribution is 2.22. The summed E-state index contributed by atoms with van der Waals surface area (Å²) in [4.78, 5) is 15.4. The molecule has 2 atom stereocenters. The molecule has 1 aliphatic heterocycles. The van der Waals surface area contributed by atoms with Crippen molar-refractivity contribution in [2.24, 2.45) is 11.7 Å². The van der Waals surface area contributed by atoms with E-state index in [1.165, 1.54) is 6.42 Å². The second-order valence-electron chi connectivity index (χ2n) is 4.64. The first-order chi connectivity index (χ1) is 7.06. The predicted molar refractivity (Wildman–Crippen MR) is 61.5 cm³/mol. The quantitative estimate of drug-likeness (QED) is 0.722. The number of carbonyl (C=O) groups excluding carboxylic acids is 1. The lowest BCUT2D eigenvalue weighted by atomic mass is 10.0. The van der Waals surface area contributed by atoms with E-state index in [2.05, 4.69) is 11.8 Å². The summed E-state index contributed by atoms with van der Waals surface area (Å²) in [5.74, 6) is 0.870. The molecule has 0 radical (unpaired) electrons. The van der Waals surface area contributed by atoms with Crippen LogP contribution in [0.2, 0.25) is 0 Å². The van der Waals surface area contributed by atoms with Crippen molar-refractivity contribution in [3.8, 4) is 0 Å². The van der Waals surface area contributed by atoms with Crippen LogP contribution in [-0.2, 0) is 4.79 Å². The Hall–Kier alpha value is -0.610. The number of hydrogen-bond acceptors (Lipinski definition) is 3. The molecule has 0 spiro atoms. The van der Waals surface area contributed by atoms with Gasteiger partial charge in [0.1, 0.15) is 0 Å². The third-order valence-corrected chi connectivity index (χ3v) is 3.35. The number of rotatable bonds is 4. The van der Waals surface area contributed by atoms with Gasteiger partial charge >= 0.3 is 0 Å². The molecule has 0 aromatic carbocycles. The molecular formula is C11H23N3O. The van der Waals surface area contributed by atoms with Gasteiger partial charge < -0.3 is 10.6 Å². The van der Waals surface area contributed by atoms with Crippen molar-refractivity contribution in [1.29, 1.82) is 0 Å². The van der Waals surface area contributed by atoms with Crippen LogP contribution in [0.1, 0.15) is 19.8 Å². The van der Waals surface area contributed by atoms with Gasteiger partial charge in [-0.3, -0.25) is 9.69 Å². The highest BCUT2D eigenvalue weighted by molar-refractivity contribution is 5.75. The highest BCUT2D eigenvalue weighted by atomic mass is 16.2. The molecule has 1 fully saturated rings. The van der Waals surface area contributed by atoms with E-state index in [9.17, 15) is 4.79 Å². The SMILES string of the molecule is CC1CCN(CCC(=O)N(C)C)C1CN. The van der Waals surface area contributed by atoms with Gasteiger partial charge in [0.05, 0.1) is 0 Å². The van der Waals surface area contributed by atoms with E-state index in [1.807, 2.05) is 0 Å². The molecular weight excluding hydrogens is 190 g/mol. The number of nitrogens with zero attached hydrogens (tertiary/aromatic N) is 2. The average molecular weight is 213 g/mol. The van der Waals surface area contributed by atoms with Crippen LogP contribution < -0.4 is 5.73 Å². The minimum atomic E-state index is 0.199. The normalized spacial score (nSPS) is 26.9. The predicted octanol–water partition coefficient (Wildman–Crippen LogP) is 0.134. The number of nitrogens with two attached hydrogens (primary N) is 1. The van der Waals surface area contributed by atoms with E-state index in [0.29, 0.717) is 24.9 Å². The lowest BCUT2D eigenvalue weighted by molar-refractivity contribution is -0.129. The topological polar surface area (TPSA) is 49.6 Å². The van der Waals surface area contributed by atoms with Gasteiger partial charge in [0.15, 0.2) is 0 Å². The number of hydrogen-bond donors (Lipinski definition) is 1. The summed E-state index contributed by atoms with van der Waals surface area (Å²) in [5.41, 5.74) is 5.74. The van der Waals surface area contributed by atoms with E-state index in [-0.39, 0.29) is 5.91 Å². The van der Waals surface area contributed by atoms with Crippen LogP contribution >= 0.6 is 0 Å². The Morgan fingerprint density at radius 1 is 1.53 bits per heavy atom. The van der Waals surface area contributed by atoms with Crippen LogP contribution in [0, 0.1) is 5.92 Å². The summed E-state index contributed by atoms with van der Waals surface area (Å²) in [6.07, 6.45) is 1.81. The molecule has 4 heteroatoms. The van der Waals surface area contributed by atoms with Crippen LogP contribution in [0.3, 0.4) is 0 Å². The standard InChI is InChI=1S/C11H23N3O/c1-9-4-6-14(10(9)8-12)7-5-11(15)13(2)3/h9-10H,4-8,12H2,1-3H3. The maximum absolute atomic E-state index is 11.4. The molecule has 0 aromatic rings. The smallest absolute Gasteiger partial charge is 0.223 e. The maximum Gasteiger partial charge on any atom is 0.223 e. The van der Waals surface area contributed by atoms with Crippen molar-refractivity contribution in [2.75, 3.05) is 33.7 Å². The monoisotopic (exact) mass is 213 g/mol. The largest absolute Gasteiger partial charge is 0.349 e. The summed E-state index contributed by atoms with van der Waals surface area (Å²) in [5, 5.41) is 0. The third-order valence-electron chi connectivity index (χ3n) is 3.35. The summed E-state index contributed by atoms with van der Waals surface area (Å²) in [6.45, 7) is 4.88. The fourth-order valence-corrected chi connectivity index (χ4v) is 2.21. The van der Waals surface area contributed by atoms with Crippen LogP contribution in [0.25, 0.3) is 0 Å². The molecule has 0 aromatic heterocycles. The van der Waals surface area contributed by atoms with Gasteiger partial charge in [-0.25, -0.2) is 0 Å². The third kappa shape index (κ3) is 3.18. The first-order valence-corrected chi connectivity index (χ1v) is 5.70. The first-order valence-electron chi connectivity index (χ1n) is 5.70. The summed E-state index contributed by atoms with van der Waals surface area (Å²) >= 11 is 0. The van der Waals surface area contributed by atoms with E-state index in [4.69, 9.17) is 5.73 Å². The van der Waals surface area contributed by atoms with Gasteiger partial charge in [0, 0.05) is 39.6 Å². The molecule has 1 heterocycles. The molecule has 0 saturated carbocycles. The zero-order valence-corrected chi connectivity index (χ0v) is 10.1. The van der Waals surface area contributed by atoms with Crippen LogP contribution in [0.15, 0.2) is 0 Å². The summed E-state index contributed by atoms with van der Waals surface area (Å²) < 4.78 is 0. The van der Waals surface area contributed by atoms with Gasteiger partial charge in [-0.1, -0.05) is 6.92 Å². The molecule has 0 aliphatic carbocycles. The van der Waals surface area contributed by atoms with Crippen LogP contribution in [-0.4, -0.2) is 55.5 Å². The summed E-state index contributed by atoms with van der Waals surface area (Å²) in [7, 11) is 3.60. The van der Waals surface area contributed by atoms with Crippen molar-refractivity contribution < 1.29 is 4.79 Å². The van der Waals surface area contributed by atoms with Crippen LogP contribution in [0.5, 0.6) is 0 Å². The van der Waals surface area contributed by atoms with Crippen molar-refractivity contribution in [2.45, 2.75) is 25.8 Å². The number of likely N-dealkylation sites (tertiary alicyclic amines) is 1. The highest BCUT2D eigenvalue weighted by Gasteiger charge is 2.29. The molecule has 15 heavy (non-hydrogen) atoms. The second-order valence-corrected chi connectivity index (χ2v) is 4.64. The average Bonchev–Trinajstić information content (AvgIpc) is 2.55. The first kappa shape index (κ1) is 12.5. The van der Waals surface area contributed by atoms with Gasteiger partial charge in [-0.15, -0.1) is 0 Å². The Balaban J connectivity index is 2.36. The molecule has 1 amide bonds. The van der Waals surface area contributed by atoms with Gasteiger partial charge in [-0.2, -0.15) is 0 Å². The number of carbonyl (C=O) groups is 1. The van der Waals surface area contributed by atoms with Gasteiger partial charge in [0.25, 0.3) is 0 Å². The molecule has 2 unspecified atom stereocenters. The Kier molecular flexibility index (Phi) is 4.54. The minimum absolute atomic E-state index is 0.199. The summed E-state index contributed by atoms with van der Waals surface area (Å²) in [6, 6.07) is 0.472. The number of amides is 1. The van der Waals surface area contributed by atoms with Crippen LogP contribution in [0.4, 0.5) is 0 Å². The lowest BCUT2D eigenvalue weighted by Crippen LogP contribution is -2.40. The molecule has 1 aliphatic rings. The Morgan fingerprint density at radius 3 is 2.73 bits per heavy atom. The van der Waals surface area contributed by atoms with Crippen molar-refractivity contribution in [3.63, 3.8) is 0 Å². The Morgan fingerprint density at radius 2 is 2.20 bits per heavy atom. The van der Waals surface area contributed by atoms with Crippen molar-refractivity contribution in [1.82, 2.24) is 9.80 Å². The van der Waals surface area contributed by atoms with Gasteiger partial charge in [-0.05, 0) is 18.9 Å². The van der Waals surface area contributed by atoms with E-state index < -0.39 is 0 Å². The van der Waals surface area contributed by atoms with Crippen molar-refractivity contribution in [3.05, 3.63) is 0 Å². The van der Waals surface area contributed by atoms with E-state index in [0.717, 1.165) is 13.1 Å². The Labute approximate surface area is 92.4 Å². The molecule has 1 saturated heterocycles. The maximum atomic E-state index is 11.4. The molecule has 1 rings (SSSR count). The minimum Gasteiger partial charge on any atom is -0.349 e. The Bertz CT molecular complexity index is 218. The zero-order valence-electron chi connectivity index (χ0n) is 10.1. The molecule has 0 bridgehead atoms. The molecule has 88 valence electrons. The fourth-order valence-electron chi connectivity index (χ4n) is 2.21. The molecule has 4 nitrogen and oxygen atoms in total. The fraction of sp³-hybridized carbons (Fsp3) is 0.909. The zero-order chi connectivity index (χ0) is 11.4. The van der Waals surface area contributed by atoms with E-state index in [1.54, 1.807) is 19.0 Å². The van der Waals surface area contributed by atoms with E-state index >= 15 is 0 Å². The van der Waals surface area contributed by atoms with Crippen molar-refractivity contribution >= 4 is 5.91 Å².